The van der Waals surface area contributed by atoms with Gasteiger partial charge in [-0.3, -0.25) is 9.78 Å². The lowest BCUT2D eigenvalue weighted by atomic mass is 9.98. The molecular weight excluding hydrogens is 250 g/mol. The monoisotopic (exact) mass is 271 g/mol. The van der Waals surface area contributed by atoms with Crippen molar-refractivity contribution in [2.75, 3.05) is 0 Å². The van der Waals surface area contributed by atoms with Crippen LogP contribution in [-0.2, 0) is 6.54 Å². The molecular formula is C13H22ClN3O. The van der Waals surface area contributed by atoms with E-state index in [2.05, 4.69) is 17.2 Å². The van der Waals surface area contributed by atoms with E-state index < -0.39 is 0 Å². The zero-order valence-corrected chi connectivity index (χ0v) is 12.0. The van der Waals surface area contributed by atoms with Crippen molar-refractivity contribution in [3.63, 3.8) is 0 Å². The molecule has 1 rings (SSSR count). The maximum absolute atomic E-state index is 12.0. The van der Waals surface area contributed by atoms with Gasteiger partial charge in [-0.05, 0) is 32.4 Å². The molecule has 1 amide bonds. The second-order valence-corrected chi connectivity index (χ2v) is 4.83. The standard InChI is InChI=1S/C13H21N3O.ClH/c1-4-6-13(2,3)16-12(17)10-5-7-15-11(8-10)9-14;/h5,7-8H,4,6,9,14H2,1-3H3,(H,16,17);1H. The molecule has 102 valence electrons. The molecule has 0 aliphatic heterocycles. The molecule has 3 N–H and O–H groups in total. The summed E-state index contributed by atoms with van der Waals surface area (Å²) in [6.45, 7) is 6.51. The molecule has 1 heterocycles. The van der Waals surface area contributed by atoms with Crippen molar-refractivity contribution < 1.29 is 4.79 Å². The predicted octanol–water partition coefficient (Wildman–Crippen LogP) is 2.27. The van der Waals surface area contributed by atoms with E-state index in [1.807, 2.05) is 13.8 Å². The number of hydrogen-bond donors (Lipinski definition) is 2. The van der Waals surface area contributed by atoms with Crippen molar-refractivity contribution >= 4 is 18.3 Å². The van der Waals surface area contributed by atoms with Gasteiger partial charge in [-0.25, -0.2) is 0 Å². The lowest BCUT2D eigenvalue weighted by Crippen LogP contribution is -2.43. The van der Waals surface area contributed by atoms with Crippen molar-refractivity contribution in [2.24, 2.45) is 5.73 Å². The average Bonchev–Trinajstić information content (AvgIpc) is 2.28. The highest BCUT2D eigenvalue weighted by Crippen LogP contribution is 2.12. The first-order valence-corrected chi connectivity index (χ1v) is 5.96. The zero-order chi connectivity index (χ0) is 12.9. The third kappa shape index (κ3) is 5.02. The fraction of sp³-hybridized carbons (Fsp3) is 0.538. The van der Waals surface area contributed by atoms with Crippen LogP contribution >= 0.6 is 12.4 Å². The van der Waals surface area contributed by atoms with Crippen LogP contribution in [0.15, 0.2) is 18.3 Å². The number of pyridine rings is 1. The summed E-state index contributed by atoms with van der Waals surface area (Å²) >= 11 is 0. The highest BCUT2D eigenvalue weighted by atomic mass is 35.5. The predicted molar refractivity (Wildman–Crippen MR) is 75.8 cm³/mol. The SMILES string of the molecule is CCCC(C)(C)NC(=O)c1ccnc(CN)c1.Cl. The quantitative estimate of drug-likeness (QED) is 0.863. The van der Waals surface area contributed by atoms with Crippen molar-refractivity contribution in [1.29, 1.82) is 0 Å². The van der Waals surface area contributed by atoms with Gasteiger partial charge in [-0.2, -0.15) is 0 Å². The van der Waals surface area contributed by atoms with Gasteiger partial charge in [0.15, 0.2) is 0 Å². The Morgan fingerprint density at radius 1 is 1.50 bits per heavy atom. The van der Waals surface area contributed by atoms with Crippen LogP contribution < -0.4 is 11.1 Å². The molecule has 0 aliphatic rings. The number of carbonyl (C=O) groups excluding carboxylic acids is 1. The number of nitrogens with two attached hydrogens (primary N) is 1. The highest BCUT2D eigenvalue weighted by molar-refractivity contribution is 5.94. The minimum absolute atomic E-state index is 0. The third-order valence-electron chi connectivity index (χ3n) is 2.61. The number of halogens is 1. The van der Waals surface area contributed by atoms with Gasteiger partial charge in [-0.1, -0.05) is 13.3 Å². The molecule has 0 fully saturated rings. The molecule has 0 bridgehead atoms. The van der Waals surface area contributed by atoms with Gasteiger partial charge in [0, 0.05) is 23.8 Å². The van der Waals surface area contributed by atoms with E-state index in [1.165, 1.54) is 0 Å². The number of nitrogens with one attached hydrogen (secondary N) is 1. The fourth-order valence-corrected chi connectivity index (χ4v) is 1.80. The number of hydrogen-bond acceptors (Lipinski definition) is 3. The van der Waals surface area contributed by atoms with Gasteiger partial charge in [0.05, 0.1) is 5.69 Å². The van der Waals surface area contributed by atoms with Crippen LogP contribution in [0.5, 0.6) is 0 Å². The van der Waals surface area contributed by atoms with Crippen molar-refractivity contribution in [3.05, 3.63) is 29.6 Å². The van der Waals surface area contributed by atoms with E-state index in [1.54, 1.807) is 18.3 Å². The Labute approximate surface area is 115 Å². The van der Waals surface area contributed by atoms with Crippen molar-refractivity contribution in [2.45, 2.75) is 45.7 Å². The van der Waals surface area contributed by atoms with Gasteiger partial charge in [0.1, 0.15) is 0 Å². The first-order chi connectivity index (χ1) is 7.98. The zero-order valence-electron chi connectivity index (χ0n) is 11.2. The Morgan fingerprint density at radius 3 is 2.72 bits per heavy atom. The molecule has 4 nitrogen and oxygen atoms in total. The minimum Gasteiger partial charge on any atom is -0.347 e. The Bertz CT molecular complexity index is 394. The summed E-state index contributed by atoms with van der Waals surface area (Å²) in [6, 6.07) is 3.44. The maximum Gasteiger partial charge on any atom is 0.251 e. The van der Waals surface area contributed by atoms with E-state index in [0.29, 0.717) is 12.1 Å². The minimum atomic E-state index is -0.183. The average molecular weight is 272 g/mol. The molecule has 1 aromatic heterocycles. The van der Waals surface area contributed by atoms with E-state index in [-0.39, 0.29) is 23.9 Å². The lowest BCUT2D eigenvalue weighted by molar-refractivity contribution is 0.0909. The molecule has 18 heavy (non-hydrogen) atoms. The molecule has 1 aromatic rings. The number of amides is 1. The second-order valence-electron chi connectivity index (χ2n) is 4.83. The normalized spacial score (nSPS) is 10.7. The molecule has 0 saturated carbocycles. The molecule has 0 atom stereocenters. The van der Waals surface area contributed by atoms with Crippen LogP contribution in [0, 0.1) is 0 Å². The van der Waals surface area contributed by atoms with Crippen LogP contribution in [0.4, 0.5) is 0 Å². The summed E-state index contributed by atoms with van der Waals surface area (Å²) < 4.78 is 0. The number of nitrogens with zero attached hydrogens (tertiary/aromatic N) is 1. The van der Waals surface area contributed by atoms with Gasteiger partial charge >= 0.3 is 0 Å². The summed E-state index contributed by atoms with van der Waals surface area (Å²) in [5.41, 5.74) is 6.66. The van der Waals surface area contributed by atoms with Crippen LogP contribution in [0.2, 0.25) is 0 Å². The Hall–Kier alpha value is -1.13. The number of carbonyl (C=O) groups is 1. The van der Waals surface area contributed by atoms with Gasteiger partial charge in [0.25, 0.3) is 5.91 Å². The Balaban J connectivity index is 0.00000289. The summed E-state index contributed by atoms with van der Waals surface area (Å²) in [7, 11) is 0. The molecule has 0 aromatic carbocycles. The Kier molecular flexibility index (Phi) is 6.88. The third-order valence-corrected chi connectivity index (χ3v) is 2.61. The summed E-state index contributed by atoms with van der Waals surface area (Å²) in [4.78, 5) is 16.1. The summed E-state index contributed by atoms with van der Waals surface area (Å²) in [6.07, 6.45) is 3.61. The molecule has 0 saturated heterocycles. The van der Waals surface area contributed by atoms with Crippen LogP contribution in [-0.4, -0.2) is 16.4 Å². The molecule has 5 heteroatoms. The number of aromatic nitrogens is 1. The first kappa shape index (κ1) is 16.9. The molecule has 0 unspecified atom stereocenters. The smallest absolute Gasteiger partial charge is 0.251 e. The van der Waals surface area contributed by atoms with Gasteiger partial charge in [-0.15, -0.1) is 12.4 Å². The lowest BCUT2D eigenvalue weighted by Gasteiger charge is -2.25. The topological polar surface area (TPSA) is 68.0 Å². The fourth-order valence-electron chi connectivity index (χ4n) is 1.80. The summed E-state index contributed by atoms with van der Waals surface area (Å²) in [5, 5.41) is 3.02. The number of rotatable bonds is 5. The molecule has 0 aliphatic carbocycles. The van der Waals surface area contributed by atoms with E-state index in [9.17, 15) is 4.79 Å². The van der Waals surface area contributed by atoms with Crippen LogP contribution in [0.3, 0.4) is 0 Å². The Morgan fingerprint density at radius 2 is 2.17 bits per heavy atom. The van der Waals surface area contributed by atoms with E-state index >= 15 is 0 Å². The molecule has 0 radical (unpaired) electrons. The summed E-state index contributed by atoms with van der Waals surface area (Å²) in [5.74, 6) is -0.0689. The molecule has 0 spiro atoms. The largest absolute Gasteiger partial charge is 0.347 e. The van der Waals surface area contributed by atoms with Crippen molar-refractivity contribution in [1.82, 2.24) is 10.3 Å². The van der Waals surface area contributed by atoms with E-state index in [0.717, 1.165) is 18.5 Å². The van der Waals surface area contributed by atoms with Crippen molar-refractivity contribution in [3.8, 4) is 0 Å². The first-order valence-electron chi connectivity index (χ1n) is 5.96. The maximum atomic E-state index is 12.0. The van der Waals surface area contributed by atoms with E-state index in [4.69, 9.17) is 5.73 Å². The van der Waals surface area contributed by atoms with Gasteiger partial charge < -0.3 is 11.1 Å². The van der Waals surface area contributed by atoms with Gasteiger partial charge in [0.2, 0.25) is 0 Å². The highest BCUT2D eigenvalue weighted by Gasteiger charge is 2.20. The second kappa shape index (κ2) is 7.34. The van der Waals surface area contributed by atoms with Crippen LogP contribution in [0.1, 0.15) is 49.7 Å². The van der Waals surface area contributed by atoms with Crippen LogP contribution in [0.25, 0.3) is 0 Å².